The summed E-state index contributed by atoms with van der Waals surface area (Å²) in [5.74, 6) is -0.0141. The van der Waals surface area contributed by atoms with Gasteiger partial charge in [-0.3, -0.25) is 9.59 Å². The first-order valence-electron chi connectivity index (χ1n) is 7.15. The van der Waals surface area contributed by atoms with Crippen LogP contribution in [0, 0.1) is 0 Å². The van der Waals surface area contributed by atoms with Crippen molar-refractivity contribution in [3.8, 4) is 0 Å². The second kappa shape index (κ2) is 6.26. The van der Waals surface area contributed by atoms with Gasteiger partial charge in [-0.2, -0.15) is 0 Å². The fourth-order valence-electron chi connectivity index (χ4n) is 2.42. The third-order valence-corrected chi connectivity index (χ3v) is 3.79. The second-order valence-electron chi connectivity index (χ2n) is 5.83. The number of hydrogen-bond acceptors (Lipinski definition) is 3. The maximum absolute atomic E-state index is 11.9. The molecule has 5 heteroatoms. The lowest BCUT2D eigenvalue weighted by molar-refractivity contribution is -0.120. The lowest BCUT2D eigenvalue weighted by Crippen LogP contribution is -2.28. The number of benzene rings is 1. The van der Waals surface area contributed by atoms with Crippen molar-refractivity contribution in [2.75, 3.05) is 25.6 Å². The van der Waals surface area contributed by atoms with E-state index in [4.69, 9.17) is 4.74 Å². The molecule has 0 saturated carbocycles. The second-order valence-corrected chi connectivity index (χ2v) is 5.83. The van der Waals surface area contributed by atoms with Gasteiger partial charge < -0.3 is 15.4 Å². The lowest BCUT2D eigenvalue weighted by Gasteiger charge is -2.15. The van der Waals surface area contributed by atoms with Crippen LogP contribution in [-0.2, 0) is 26.2 Å². The average Bonchev–Trinajstić information content (AvgIpc) is 2.66. The largest absolute Gasteiger partial charge is 0.385 e. The van der Waals surface area contributed by atoms with Crippen molar-refractivity contribution in [2.24, 2.45) is 0 Å². The van der Waals surface area contributed by atoms with Crippen LogP contribution in [0.5, 0.6) is 0 Å². The molecule has 1 aliphatic heterocycles. The van der Waals surface area contributed by atoms with Crippen LogP contribution in [0.2, 0.25) is 0 Å². The monoisotopic (exact) mass is 290 g/mol. The van der Waals surface area contributed by atoms with Crippen molar-refractivity contribution >= 4 is 17.5 Å². The molecule has 114 valence electrons. The van der Waals surface area contributed by atoms with Crippen LogP contribution in [-0.4, -0.2) is 32.1 Å². The zero-order chi connectivity index (χ0) is 15.5. The summed E-state index contributed by atoms with van der Waals surface area (Å²) in [5, 5.41) is 5.72. The summed E-state index contributed by atoms with van der Waals surface area (Å²) in [6, 6.07) is 5.70. The SMILES string of the molecule is COCCCNC(=O)Cc1ccc2c(c1)C(C)(C)C(=O)N2. The molecule has 0 bridgehead atoms. The minimum atomic E-state index is -0.541. The number of nitrogens with one attached hydrogen (secondary N) is 2. The van der Waals surface area contributed by atoms with Gasteiger partial charge in [-0.1, -0.05) is 12.1 Å². The summed E-state index contributed by atoms with van der Waals surface area (Å²) in [6.07, 6.45) is 1.13. The number of hydrogen-bond donors (Lipinski definition) is 2. The molecule has 0 atom stereocenters. The Morgan fingerprint density at radius 3 is 2.86 bits per heavy atom. The molecule has 0 radical (unpaired) electrons. The van der Waals surface area contributed by atoms with Crippen molar-refractivity contribution in [3.05, 3.63) is 29.3 Å². The average molecular weight is 290 g/mol. The molecule has 21 heavy (non-hydrogen) atoms. The van der Waals surface area contributed by atoms with Gasteiger partial charge in [0.2, 0.25) is 11.8 Å². The van der Waals surface area contributed by atoms with Gasteiger partial charge in [-0.05, 0) is 37.5 Å². The van der Waals surface area contributed by atoms with E-state index in [9.17, 15) is 9.59 Å². The molecule has 0 aliphatic carbocycles. The van der Waals surface area contributed by atoms with E-state index in [0.29, 0.717) is 19.6 Å². The summed E-state index contributed by atoms with van der Waals surface area (Å²) in [7, 11) is 1.64. The van der Waals surface area contributed by atoms with Crippen molar-refractivity contribution in [1.82, 2.24) is 5.32 Å². The molecule has 0 unspecified atom stereocenters. The number of anilines is 1. The molecule has 2 rings (SSSR count). The first kappa shape index (κ1) is 15.5. The quantitative estimate of drug-likeness (QED) is 0.782. The fourth-order valence-corrected chi connectivity index (χ4v) is 2.42. The number of carbonyl (C=O) groups excluding carboxylic acids is 2. The predicted octanol–water partition coefficient (Wildman–Crippen LogP) is 1.61. The van der Waals surface area contributed by atoms with Crippen LogP contribution >= 0.6 is 0 Å². The third kappa shape index (κ3) is 3.42. The van der Waals surface area contributed by atoms with E-state index < -0.39 is 5.41 Å². The van der Waals surface area contributed by atoms with E-state index in [2.05, 4.69) is 10.6 Å². The highest BCUT2D eigenvalue weighted by Crippen LogP contribution is 2.37. The lowest BCUT2D eigenvalue weighted by atomic mass is 9.85. The Balaban J connectivity index is 1.99. The molecule has 2 N–H and O–H groups in total. The van der Waals surface area contributed by atoms with Gasteiger partial charge >= 0.3 is 0 Å². The number of ether oxygens (including phenoxy) is 1. The van der Waals surface area contributed by atoms with E-state index in [1.807, 2.05) is 32.0 Å². The smallest absolute Gasteiger partial charge is 0.234 e. The topological polar surface area (TPSA) is 67.4 Å². The molecule has 1 aliphatic rings. The Bertz CT molecular complexity index is 552. The van der Waals surface area contributed by atoms with Gasteiger partial charge in [0.05, 0.1) is 11.8 Å². The molecule has 0 aromatic heterocycles. The van der Waals surface area contributed by atoms with E-state index in [1.165, 1.54) is 0 Å². The number of carbonyl (C=O) groups is 2. The Morgan fingerprint density at radius 1 is 1.38 bits per heavy atom. The van der Waals surface area contributed by atoms with Gasteiger partial charge in [-0.25, -0.2) is 0 Å². The molecule has 1 aromatic rings. The van der Waals surface area contributed by atoms with Crippen LogP contribution in [0.15, 0.2) is 18.2 Å². The van der Waals surface area contributed by atoms with Crippen LogP contribution < -0.4 is 10.6 Å². The van der Waals surface area contributed by atoms with E-state index in [1.54, 1.807) is 7.11 Å². The summed E-state index contributed by atoms with van der Waals surface area (Å²) in [6.45, 7) is 5.04. The van der Waals surface area contributed by atoms with Crippen molar-refractivity contribution in [2.45, 2.75) is 32.1 Å². The first-order chi connectivity index (χ1) is 9.95. The Hall–Kier alpha value is -1.88. The Morgan fingerprint density at radius 2 is 2.14 bits per heavy atom. The van der Waals surface area contributed by atoms with Gasteiger partial charge in [0.15, 0.2) is 0 Å². The summed E-state index contributed by atoms with van der Waals surface area (Å²) in [4.78, 5) is 23.8. The van der Waals surface area contributed by atoms with E-state index in [-0.39, 0.29) is 11.8 Å². The highest BCUT2D eigenvalue weighted by atomic mass is 16.5. The van der Waals surface area contributed by atoms with Gasteiger partial charge in [0.25, 0.3) is 0 Å². The van der Waals surface area contributed by atoms with Gasteiger partial charge in [-0.15, -0.1) is 0 Å². The molecule has 2 amide bonds. The number of amides is 2. The summed E-state index contributed by atoms with van der Waals surface area (Å²) < 4.78 is 4.94. The van der Waals surface area contributed by atoms with Crippen LogP contribution in [0.4, 0.5) is 5.69 Å². The maximum Gasteiger partial charge on any atom is 0.234 e. The fraction of sp³-hybridized carbons (Fsp3) is 0.500. The zero-order valence-corrected chi connectivity index (χ0v) is 12.8. The molecule has 0 spiro atoms. The van der Waals surface area contributed by atoms with Gasteiger partial charge in [0, 0.05) is 25.9 Å². The molecule has 1 aromatic carbocycles. The predicted molar refractivity (Wildman–Crippen MR) is 81.3 cm³/mol. The highest BCUT2D eigenvalue weighted by molar-refractivity contribution is 6.05. The summed E-state index contributed by atoms with van der Waals surface area (Å²) in [5.41, 5.74) is 2.18. The Kier molecular flexibility index (Phi) is 4.63. The normalized spacial score (nSPS) is 15.5. The summed E-state index contributed by atoms with van der Waals surface area (Å²) >= 11 is 0. The highest BCUT2D eigenvalue weighted by Gasteiger charge is 2.38. The van der Waals surface area contributed by atoms with Crippen LogP contribution in [0.3, 0.4) is 0 Å². The standard InChI is InChI=1S/C16H22N2O3/c1-16(2)12-9-11(5-6-13(12)18-15(16)20)10-14(19)17-7-4-8-21-3/h5-6,9H,4,7-8,10H2,1-3H3,(H,17,19)(H,18,20). The number of fused-ring (bicyclic) bond motifs is 1. The number of methoxy groups -OCH3 is 1. The Labute approximate surface area is 125 Å². The minimum Gasteiger partial charge on any atom is -0.385 e. The molecular weight excluding hydrogens is 268 g/mol. The molecule has 1 heterocycles. The van der Waals surface area contributed by atoms with Gasteiger partial charge in [0.1, 0.15) is 0 Å². The molecular formula is C16H22N2O3. The van der Waals surface area contributed by atoms with Crippen molar-refractivity contribution in [3.63, 3.8) is 0 Å². The zero-order valence-electron chi connectivity index (χ0n) is 12.8. The van der Waals surface area contributed by atoms with Crippen LogP contribution in [0.25, 0.3) is 0 Å². The van der Waals surface area contributed by atoms with E-state index in [0.717, 1.165) is 23.2 Å². The molecule has 0 saturated heterocycles. The minimum absolute atomic E-state index is 0.00123. The van der Waals surface area contributed by atoms with Crippen LogP contribution in [0.1, 0.15) is 31.4 Å². The maximum atomic E-state index is 11.9. The number of rotatable bonds is 6. The van der Waals surface area contributed by atoms with E-state index >= 15 is 0 Å². The first-order valence-corrected chi connectivity index (χ1v) is 7.15. The molecule has 5 nitrogen and oxygen atoms in total. The molecule has 0 fully saturated rings. The van der Waals surface area contributed by atoms with Crippen molar-refractivity contribution in [1.29, 1.82) is 0 Å². The third-order valence-electron chi connectivity index (χ3n) is 3.79. The van der Waals surface area contributed by atoms with Crippen molar-refractivity contribution < 1.29 is 14.3 Å².